The van der Waals surface area contributed by atoms with Crippen LogP contribution in [0.2, 0.25) is 5.02 Å². The Kier molecular flexibility index (Phi) is 11.2. The van der Waals surface area contributed by atoms with Gasteiger partial charge in [-0.25, -0.2) is 23.1 Å². The molecule has 3 heterocycles. The number of benzene rings is 3. The number of likely N-dealkylation sites (N-methyl/N-ethyl adjacent to an activating group) is 1. The predicted octanol–water partition coefficient (Wildman–Crippen LogP) is 5.15. The van der Waals surface area contributed by atoms with E-state index in [2.05, 4.69) is 19.5 Å². The third-order valence-corrected chi connectivity index (χ3v) is 11.2. The van der Waals surface area contributed by atoms with Gasteiger partial charge in [-0.15, -0.1) is 0 Å². The maximum absolute atomic E-state index is 13.7. The highest BCUT2D eigenvalue weighted by Crippen LogP contribution is 2.35. The number of piperazine rings is 1. The summed E-state index contributed by atoms with van der Waals surface area (Å²) in [5.74, 6) is -0.0519. The summed E-state index contributed by atoms with van der Waals surface area (Å²) in [5, 5.41) is 0.663. The Morgan fingerprint density at radius 2 is 1.69 bits per heavy atom. The van der Waals surface area contributed by atoms with Crippen LogP contribution in [0.4, 0.5) is 5.95 Å². The van der Waals surface area contributed by atoms with Crippen LogP contribution >= 0.6 is 11.6 Å². The normalized spacial score (nSPS) is 16.7. The minimum Gasteiger partial charge on any atom is -0.483 e. The van der Waals surface area contributed by atoms with E-state index in [1.165, 1.54) is 24.4 Å². The molecule has 3 aromatic carbocycles. The highest BCUT2D eigenvalue weighted by atomic mass is 35.5. The summed E-state index contributed by atoms with van der Waals surface area (Å²) in [6.07, 6.45) is 4.30. The molecule has 6 rings (SSSR count). The summed E-state index contributed by atoms with van der Waals surface area (Å²) in [5.41, 5.74) is 4.40. The van der Waals surface area contributed by atoms with E-state index >= 15 is 0 Å². The Morgan fingerprint density at radius 3 is 2.41 bits per heavy atom. The van der Waals surface area contributed by atoms with E-state index in [-0.39, 0.29) is 29.0 Å². The number of aryl methyl sites for hydroxylation is 4. The fourth-order valence-corrected chi connectivity index (χ4v) is 7.76. The molecule has 0 radical (unpaired) electrons. The lowest BCUT2D eigenvalue weighted by Gasteiger charge is -2.32. The van der Waals surface area contributed by atoms with Crippen molar-refractivity contribution in [1.29, 1.82) is 0 Å². The van der Waals surface area contributed by atoms with Crippen LogP contribution in [0.1, 0.15) is 57.2 Å². The fraction of sp³-hybridized carbons (Fsp3) is 0.368. The first kappa shape index (κ1) is 36.3. The average Bonchev–Trinajstić information content (AvgIpc) is 3.61. The SMILES string of the molecule is Cc1ccccc1CCc1nc(N2CCCC2c2ccc(Cl)cc2)ncc1C(=O)NS(=O)(=O)c1ccc(OCC(=O)N2CCN(C)CC2)c(C)c1. The minimum absolute atomic E-state index is 0.0478. The molecule has 11 nitrogen and oxygen atoms in total. The van der Waals surface area contributed by atoms with Crippen molar-refractivity contribution in [3.63, 3.8) is 0 Å². The van der Waals surface area contributed by atoms with Crippen molar-refractivity contribution in [2.45, 2.75) is 50.5 Å². The number of aromatic nitrogens is 2. The number of nitrogens with zero attached hydrogens (tertiary/aromatic N) is 5. The maximum atomic E-state index is 13.7. The largest absolute Gasteiger partial charge is 0.483 e. The molecule has 4 aromatic rings. The Hall–Kier alpha value is -4.52. The van der Waals surface area contributed by atoms with E-state index in [9.17, 15) is 18.0 Å². The molecule has 0 aliphatic carbocycles. The van der Waals surface area contributed by atoms with Gasteiger partial charge in [0.25, 0.3) is 21.8 Å². The molecule has 0 spiro atoms. The van der Waals surface area contributed by atoms with Crippen LogP contribution in [0, 0.1) is 13.8 Å². The highest BCUT2D eigenvalue weighted by molar-refractivity contribution is 7.90. The van der Waals surface area contributed by atoms with E-state index in [0.717, 1.165) is 49.2 Å². The van der Waals surface area contributed by atoms with Gasteiger partial charge in [0.2, 0.25) is 5.95 Å². The lowest BCUT2D eigenvalue weighted by molar-refractivity contribution is -0.134. The zero-order chi connectivity index (χ0) is 36.1. The first-order chi connectivity index (χ1) is 24.5. The highest BCUT2D eigenvalue weighted by Gasteiger charge is 2.30. The van der Waals surface area contributed by atoms with Gasteiger partial charge < -0.3 is 19.4 Å². The molecule has 0 bridgehead atoms. The zero-order valence-corrected chi connectivity index (χ0v) is 30.7. The molecule has 2 fully saturated rings. The van der Waals surface area contributed by atoms with Gasteiger partial charge in [-0.2, -0.15) is 0 Å². The number of nitrogens with one attached hydrogen (secondary N) is 1. The van der Waals surface area contributed by atoms with Crippen molar-refractivity contribution >= 4 is 39.4 Å². The number of halogens is 1. The monoisotopic (exact) mass is 730 g/mol. The lowest BCUT2D eigenvalue weighted by Crippen LogP contribution is -2.48. The number of rotatable bonds is 11. The molecule has 2 amide bonds. The molecular formula is C38H43ClN6O5S. The van der Waals surface area contributed by atoms with Crippen molar-refractivity contribution in [3.05, 3.63) is 111 Å². The smallest absolute Gasteiger partial charge is 0.268 e. The topological polar surface area (TPSA) is 125 Å². The van der Waals surface area contributed by atoms with Gasteiger partial charge in [-0.1, -0.05) is 48.0 Å². The molecule has 1 unspecified atom stereocenters. The molecule has 1 N–H and O–H groups in total. The molecule has 51 heavy (non-hydrogen) atoms. The molecular weight excluding hydrogens is 688 g/mol. The van der Waals surface area contributed by atoms with Crippen LogP contribution in [-0.4, -0.2) is 86.4 Å². The Labute approximate surface area is 304 Å². The number of hydrogen-bond acceptors (Lipinski definition) is 9. The number of sulfonamides is 1. The van der Waals surface area contributed by atoms with Crippen LogP contribution in [0.3, 0.4) is 0 Å². The quantitative estimate of drug-likeness (QED) is 0.223. The number of carbonyl (C=O) groups excluding carboxylic acids is 2. The van der Waals surface area contributed by atoms with E-state index in [0.29, 0.717) is 53.9 Å². The molecule has 268 valence electrons. The van der Waals surface area contributed by atoms with Gasteiger partial charge in [0, 0.05) is 43.9 Å². The van der Waals surface area contributed by atoms with E-state index in [4.69, 9.17) is 21.3 Å². The van der Waals surface area contributed by atoms with Crippen LogP contribution in [-0.2, 0) is 27.7 Å². The van der Waals surface area contributed by atoms with Gasteiger partial charge in [-0.3, -0.25) is 9.59 Å². The van der Waals surface area contributed by atoms with Crippen LogP contribution < -0.4 is 14.4 Å². The third-order valence-electron chi connectivity index (χ3n) is 9.65. The molecule has 13 heteroatoms. The summed E-state index contributed by atoms with van der Waals surface area (Å²) in [4.78, 5) is 41.8. The van der Waals surface area contributed by atoms with Gasteiger partial charge in [0.05, 0.1) is 22.2 Å². The summed E-state index contributed by atoms with van der Waals surface area (Å²) >= 11 is 6.15. The van der Waals surface area contributed by atoms with Gasteiger partial charge in [-0.05, 0) is 99.2 Å². The number of hydrogen-bond donors (Lipinski definition) is 1. The summed E-state index contributed by atoms with van der Waals surface area (Å²) < 4.78 is 35.0. The van der Waals surface area contributed by atoms with Gasteiger partial charge >= 0.3 is 0 Å². The van der Waals surface area contributed by atoms with Crippen LogP contribution in [0.5, 0.6) is 5.75 Å². The molecule has 0 saturated carbocycles. The Bertz CT molecular complexity index is 2000. The minimum atomic E-state index is -4.28. The van der Waals surface area contributed by atoms with Crippen LogP contribution in [0.15, 0.2) is 77.8 Å². The van der Waals surface area contributed by atoms with Crippen molar-refractivity contribution in [1.82, 2.24) is 24.5 Å². The predicted molar refractivity (Wildman–Crippen MR) is 197 cm³/mol. The first-order valence-electron chi connectivity index (χ1n) is 17.2. The van der Waals surface area contributed by atoms with Crippen molar-refractivity contribution in [3.8, 4) is 5.75 Å². The van der Waals surface area contributed by atoms with Gasteiger partial charge in [0.1, 0.15) is 5.75 Å². The van der Waals surface area contributed by atoms with Crippen LogP contribution in [0.25, 0.3) is 0 Å². The standard InChI is InChI=1S/C38H43ClN6O5S/c1-26-7-4-5-8-28(26)12-16-33-32(24-40-38(41-33)45-18-6-9-34(45)29-10-13-30(39)14-11-29)37(47)42-51(48,49)31-15-17-35(27(2)23-31)50-25-36(46)44-21-19-43(3)20-22-44/h4-5,7-8,10-11,13-15,17,23-24,34H,6,9,12,16,18-22,25H2,1-3H3,(H,42,47). The second kappa shape index (κ2) is 15.8. The van der Waals surface area contributed by atoms with Crippen molar-refractivity contribution < 1.29 is 22.7 Å². The summed E-state index contributed by atoms with van der Waals surface area (Å²) in [6.45, 7) is 7.21. The third kappa shape index (κ3) is 8.69. The second-order valence-electron chi connectivity index (χ2n) is 13.2. The first-order valence-corrected chi connectivity index (χ1v) is 19.0. The second-order valence-corrected chi connectivity index (χ2v) is 15.3. The summed E-state index contributed by atoms with van der Waals surface area (Å²) in [7, 11) is -2.26. The zero-order valence-electron chi connectivity index (χ0n) is 29.1. The lowest BCUT2D eigenvalue weighted by atomic mass is 10.0. The van der Waals surface area contributed by atoms with E-state index < -0.39 is 15.9 Å². The molecule has 1 atom stereocenters. The Morgan fingerprint density at radius 1 is 0.941 bits per heavy atom. The maximum Gasteiger partial charge on any atom is 0.268 e. The van der Waals surface area contributed by atoms with E-state index in [1.807, 2.05) is 62.5 Å². The van der Waals surface area contributed by atoms with Crippen molar-refractivity contribution in [2.24, 2.45) is 0 Å². The average molecular weight is 731 g/mol. The Balaban J connectivity index is 1.20. The van der Waals surface area contributed by atoms with Gasteiger partial charge in [0.15, 0.2) is 6.61 Å². The summed E-state index contributed by atoms with van der Waals surface area (Å²) in [6, 6.07) is 20.1. The molecule has 2 aliphatic heterocycles. The molecule has 1 aromatic heterocycles. The fourth-order valence-electron chi connectivity index (χ4n) is 6.58. The number of carbonyl (C=O) groups is 2. The number of amides is 2. The number of ether oxygens (including phenoxy) is 1. The number of anilines is 1. The van der Waals surface area contributed by atoms with E-state index in [1.54, 1.807) is 11.8 Å². The van der Waals surface area contributed by atoms with Crippen molar-refractivity contribution in [2.75, 3.05) is 51.3 Å². The molecule has 2 saturated heterocycles. The molecule has 2 aliphatic rings.